The van der Waals surface area contributed by atoms with Gasteiger partial charge in [0.05, 0.1) is 46.0 Å². The molecule has 1 aliphatic rings. The minimum absolute atomic E-state index is 0.0205. The molecule has 0 bridgehead atoms. The summed E-state index contributed by atoms with van der Waals surface area (Å²) >= 11 is 0. The van der Waals surface area contributed by atoms with E-state index in [-0.39, 0.29) is 6.10 Å². The highest BCUT2D eigenvalue weighted by atomic mass is 32.2. The number of nitrogens with two attached hydrogens (primary N) is 1. The highest BCUT2D eigenvalue weighted by molar-refractivity contribution is 7.85. The van der Waals surface area contributed by atoms with Gasteiger partial charge in [0.1, 0.15) is 0 Å². The highest BCUT2D eigenvalue weighted by Crippen LogP contribution is 2.16. The Labute approximate surface area is 110 Å². The Morgan fingerprint density at radius 3 is 3.22 bits per heavy atom. The van der Waals surface area contributed by atoms with Gasteiger partial charge in [0.15, 0.2) is 0 Å². The van der Waals surface area contributed by atoms with Gasteiger partial charge < -0.3 is 10.5 Å². The van der Waals surface area contributed by atoms with E-state index in [0.717, 1.165) is 19.6 Å². The van der Waals surface area contributed by atoms with Crippen LogP contribution in [-0.2, 0) is 15.5 Å². The summed E-state index contributed by atoms with van der Waals surface area (Å²) in [7, 11) is -1.13. The van der Waals surface area contributed by atoms with Gasteiger partial charge in [0, 0.05) is 19.3 Å². The van der Waals surface area contributed by atoms with Crippen LogP contribution < -0.4 is 5.73 Å². The Morgan fingerprint density at radius 1 is 1.67 bits per heavy atom. The van der Waals surface area contributed by atoms with Crippen LogP contribution in [0.1, 0.15) is 6.92 Å². The van der Waals surface area contributed by atoms with Crippen LogP contribution in [0, 0.1) is 0 Å². The molecule has 0 radical (unpaired) electrons. The monoisotopic (exact) mass is 269 g/mol. The maximum Gasteiger partial charge on any atom is 0.0821 e. The maximum atomic E-state index is 12.2. The van der Waals surface area contributed by atoms with Gasteiger partial charge in [-0.2, -0.15) is 0 Å². The molecule has 5 nitrogen and oxygen atoms in total. The lowest BCUT2D eigenvalue weighted by atomic mass is 10.3. The number of anilines is 1. The number of rotatable bonds is 4. The number of nitrogen functional groups attached to an aromatic ring is 1. The number of morpholine rings is 1. The first-order valence-electron chi connectivity index (χ1n) is 6.12. The zero-order valence-corrected chi connectivity index (χ0v) is 11.4. The second-order valence-electron chi connectivity index (χ2n) is 4.31. The molecule has 2 atom stereocenters. The Morgan fingerprint density at radius 2 is 2.50 bits per heavy atom. The molecule has 0 aromatic carbocycles. The number of nitrogens with zero attached hydrogens (tertiary/aromatic N) is 2. The fourth-order valence-electron chi connectivity index (χ4n) is 2.03. The van der Waals surface area contributed by atoms with Crippen molar-refractivity contribution in [3.8, 4) is 0 Å². The molecular formula is C12H19N3O2S. The van der Waals surface area contributed by atoms with E-state index in [0.29, 0.717) is 22.9 Å². The number of pyridine rings is 1. The van der Waals surface area contributed by atoms with Crippen LogP contribution in [0.15, 0.2) is 23.4 Å². The summed E-state index contributed by atoms with van der Waals surface area (Å²) in [5, 5.41) is 0. The molecule has 1 aliphatic heterocycles. The van der Waals surface area contributed by atoms with Gasteiger partial charge in [-0.1, -0.05) is 6.92 Å². The van der Waals surface area contributed by atoms with Crippen molar-refractivity contribution in [1.29, 1.82) is 0 Å². The third-order valence-electron chi connectivity index (χ3n) is 3.06. The van der Waals surface area contributed by atoms with E-state index in [1.165, 1.54) is 6.20 Å². The molecule has 2 N–H and O–H groups in total. The lowest BCUT2D eigenvalue weighted by Crippen LogP contribution is -2.44. The molecule has 100 valence electrons. The van der Waals surface area contributed by atoms with Gasteiger partial charge in [-0.15, -0.1) is 0 Å². The largest absolute Gasteiger partial charge is 0.396 e. The normalized spacial score (nSPS) is 22.8. The fraction of sp³-hybridized carbons (Fsp3) is 0.583. The topological polar surface area (TPSA) is 68.5 Å². The quantitative estimate of drug-likeness (QED) is 0.861. The first-order chi connectivity index (χ1) is 8.70. The van der Waals surface area contributed by atoms with Gasteiger partial charge in [-0.25, -0.2) is 0 Å². The van der Waals surface area contributed by atoms with Crippen LogP contribution in [0.4, 0.5) is 5.69 Å². The Kier molecular flexibility index (Phi) is 4.68. The van der Waals surface area contributed by atoms with E-state index < -0.39 is 10.8 Å². The Balaban J connectivity index is 1.97. The van der Waals surface area contributed by atoms with Crippen molar-refractivity contribution in [2.75, 3.05) is 37.7 Å². The summed E-state index contributed by atoms with van der Waals surface area (Å²) < 4.78 is 17.9. The van der Waals surface area contributed by atoms with Gasteiger partial charge >= 0.3 is 0 Å². The van der Waals surface area contributed by atoms with Crippen molar-refractivity contribution in [3.05, 3.63) is 18.5 Å². The van der Waals surface area contributed by atoms with Crippen LogP contribution >= 0.6 is 0 Å². The lowest BCUT2D eigenvalue weighted by molar-refractivity contribution is -0.0141. The summed E-state index contributed by atoms with van der Waals surface area (Å²) in [6.45, 7) is 5.63. The molecule has 18 heavy (non-hydrogen) atoms. The Bertz CT molecular complexity index is 428. The number of hydrogen-bond acceptors (Lipinski definition) is 5. The minimum Gasteiger partial charge on any atom is -0.396 e. The molecule has 0 amide bonds. The molecule has 2 heterocycles. The molecule has 6 heteroatoms. The maximum absolute atomic E-state index is 12.2. The molecule has 2 unspecified atom stereocenters. The van der Waals surface area contributed by atoms with Crippen molar-refractivity contribution in [2.24, 2.45) is 0 Å². The first kappa shape index (κ1) is 13.5. The zero-order valence-electron chi connectivity index (χ0n) is 10.5. The predicted octanol–water partition coefficient (Wildman–Crippen LogP) is 0.492. The third-order valence-corrected chi connectivity index (χ3v) is 4.60. The molecule has 1 aromatic heterocycles. The van der Waals surface area contributed by atoms with Crippen molar-refractivity contribution in [3.63, 3.8) is 0 Å². The van der Waals surface area contributed by atoms with E-state index in [1.54, 1.807) is 12.3 Å². The second kappa shape index (κ2) is 6.26. The number of hydrogen-bond donors (Lipinski definition) is 1. The van der Waals surface area contributed by atoms with Gasteiger partial charge in [0.2, 0.25) is 0 Å². The Hall–Kier alpha value is -0.980. The molecule has 1 aromatic rings. The van der Waals surface area contributed by atoms with Crippen molar-refractivity contribution >= 4 is 16.5 Å². The summed E-state index contributed by atoms with van der Waals surface area (Å²) in [5.74, 6) is 0.491. The predicted molar refractivity (Wildman–Crippen MR) is 71.8 cm³/mol. The van der Waals surface area contributed by atoms with Crippen LogP contribution in [0.2, 0.25) is 0 Å². The summed E-state index contributed by atoms with van der Waals surface area (Å²) in [5.41, 5.74) is 6.26. The number of ether oxygens (including phenoxy) is 1. The van der Waals surface area contributed by atoms with E-state index >= 15 is 0 Å². The van der Waals surface area contributed by atoms with Crippen LogP contribution in [0.3, 0.4) is 0 Å². The molecular weight excluding hydrogens is 250 g/mol. The van der Waals surface area contributed by atoms with Crippen LogP contribution in [0.25, 0.3) is 0 Å². The van der Waals surface area contributed by atoms with Crippen molar-refractivity contribution in [1.82, 2.24) is 9.88 Å². The van der Waals surface area contributed by atoms with E-state index in [9.17, 15) is 4.21 Å². The fourth-order valence-corrected chi connectivity index (χ4v) is 3.28. The molecule has 1 fully saturated rings. The molecule has 0 aliphatic carbocycles. The standard InChI is InChI=1S/C12H19N3O2S/c1-2-15-5-6-17-10(8-15)9-18(16)12-3-4-14-7-11(12)13/h3-4,7,10H,2,5-6,8-9,13H2,1H3. The molecule has 0 spiro atoms. The highest BCUT2D eigenvalue weighted by Gasteiger charge is 2.22. The van der Waals surface area contributed by atoms with Crippen LogP contribution in [0.5, 0.6) is 0 Å². The SMILES string of the molecule is CCN1CCOC(CS(=O)c2ccncc2N)C1. The average Bonchev–Trinajstić information content (AvgIpc) is 2.39. The molecule has 0 saturated carbocycles. The summed E-state index contributed by atoms with van der Waals surface area (Å²) in [4.78, 5) is 6.86. The zero-order chi connectivity index (χ0) is 13.0. The van der Waals surface area contributed by atoms with E-state index in [4.69, 9.17) is 10.5 Å². The number of aromatic nitrogens is 1. The smallest absolute Gasteiger partial charge is 0.0821 e. The lowest BCUT2D eigenvalue weighted by Gasteiger charge is -2.31. The molecule has 2 rings (SSSR count). The van der Waals surface area contributed by atoms with Crippen molar-refractivity contribution < 1.29 is 8.95 Å². The third kappa shape index (κ3) is 3.28. The summed E-state index contributed by atoms with van der Waals surface area (Å²) in [6, 6.07) is 1.71. The van der Waals surface area contributed by atoms with Crippen molar-refractivity contribution in [2.45, 2.75) is 17.9 Å². The molecule has 1 saturated heterocycles. The summed E-state index contributed by atoms with van der Waals surface area (Å²) in [6.07, 6.45) is 3.17. The van der Waals surface area contributed by atoms with E-state index in [1.807, 2.05) is 0 Å². The number of likely N-dealkylation sites (N-methyl/N-ethyl adjacent to an activating group) is 1. The minimum atomic E-state index is -1.13. The van der Waals surface area contributed by atoms with Gasteiger partial charge in [0.25, 0.3) is 0 Å². The van der Waals surface area contributed by atoms with Gasteiger partial charge in [-0.05, 0) is 12.6 Å². The van der Waals surface area contributed by atoms with Gasteiger partial charge in [-0.3, -0.25) is 14.1 Å². The second-order valence-corrected chi connectivity index (χ2v) is 5.78. The average molecular weight is 269 g/mol. The first-order valence-corrected chi connectivity index (χ1v) is 7.44. The van der Waals surface area contributed by atoms with E-state index in [2.05, 4.69) is 16.8 Å². The van der Waals surface area contributed by atoms with Crippen LogP contribution in [-0.4, -0.2) is 52.2 Å².